The van der Waals surface area contributed by atoms with Gasteiger partial charge in [-0.15, -0.1) is 0 Å². The van der Waals surface area contributed by atoms with Crippen LogP contribution in [0.5, 0.6) is 0 Å². The van der Waals surface area contributed by atoms with Crippen LogP contribution in [0.3, 0.4) is 0 Å². The van der Waals surface area contributed by atoms with Gasteiger partial charge in [0, 0.05) is 18.8 Å². The molecule has 1 aromatic heterocycles. The molecule has 0 spiro atoms. The molecule has 0 aliphatic carbocycles. The molecule has 3 aromatic rings. The summed E-state index contributed by atoms with van der Waals surface area (Å²) in [6.45, 7) is 1.39. The zero-order valence-electron chi connectivity index (χ0n) is 14.9. The molecule has 2 heterocycles. The molecule has 2 aromatic carbocycles. The number of hydrogen-bond acceptors (Lipinski definition) is 4. The van der Waals surface area contributed by atoms with E-state index in [-0.39, 0.29) is 11.8 Å². The Morgan fingerprint density at radius 2 is 1.89 bits per heavy atom. The molecule has 1 aliphatic heterocycles. The third-order valence-corrected chi connectivity index (χ3v) is 5.92. The average molecular weight is 405 g/mol. The number of alkyl halides is 3. The van der Waals surface area contributed by atoms with Crippen molar-refractivity contribution in [1.29, 1.82) is 0 Å². The molecule has 8 heteroatoms. The number of nitrogens with one attached hydrogen (secondary N) is 1. The number of anilines is 2. The van der Waals surface area contributed by atoms with Crippen molar-refractivity contribution in [3.8, 4) is 0 Å². The Kier molecular flexibility index (Phi) is 4.97. The largest absolute Gasteiger partial charge is 0.416 e. The highest BCUT2D eigenvalue weighted by atomic mass is 32.1. The lowest BCUT2D eigenvalue weighted by Gasteiger charge is -2.31. The summed E-state index contributed by atoms with van der Waals surface area (Å²) in [5.74, 6) is -0.409. The van der Waals surface area contributed by atoms with Crippen LogP contribution in [-0.4, -0.2) is 24.0 Å². The fourth-order valence-corrected chi connectivity index (χ4v) is 4.35. The number of amides is 1. The Labute approximate surface area is 164 Å². The number of piperidine rings is 1. The van der Waals surface area contributed by atoms with Crippen molar-refractivity contribution in [3.63, 3.8) is 0 Å². The number of rotatable bonds is 3. The Balaban J connectivity index is 1.43. The molecule has 1 atom stereocenters. The van der Waals surface area contributed by atoms with Crippen LogP contribution < -0.4 is 10.2 Å². The van der Waals surface area contributed by atoms with Crippen molar-refractivity contribution in [1.82, 2.24) is 4.98 Å². The molecular weight excluding hydrogens is 387 g/mol. The zero-order chi connectivity index (χ0) is 19.7. The second-order valence-corrected chi connectivity index (χ2v) is 7.82. The van der Waals surface area contributed by atoms with Crippen LogP contribution >= 0.6 is 11.3 Å². The van der Waals surface area contributed by atoms with E-state index in [1.54, 1.807) is 11.3 Å². The number of carbonyl (C=O) groups is 1. The lowest BCUT2D eigenvalue weighted by Crippen LogP contribution is -2.40. The third kappa shape index (κ3) is 3.96. The van der Waals surface area contributed by atoms with E-state index in [4.69, 9.17) is 0 Å². The second-order valence-electron chi connectivity index (χ2n) is 6.81. The minimum absolute atomic E-state index is 0.175. The normalized spacial score (nSPS) is 17.7. The van der Waals surface area contributed by atoms with E-state index >= 15 is 0 Å². The summed E-state index contributed by atoms with van der Waals surface area (Å²) in [6.07, 6.45) is -2.78. The number of benzene rings is 2. The molecule has 4 nitrogen and oxygen atoms in total. The average Bonchev–Trinajstić information content (AvgIpc) is 3.12. The quantitative estimate of drug-likeness (QED) is 0.654. The molecule has 4 rings (SSSR count). The third-order valence-electron chi connectivity index (χ3n) is 4.83. The van der Waals surface area contributed by atoms with Crippen molar-refractivity contribution in [3.05, 3.63) is 54.1 Å². The van der Waals surface area contributed by atoms with Crippen molar-refractivity contribution in [2.24, 2.45) is 5.92 Å². The van der Waals surface area contributed by atoms with Gasteiger partial charge < -0.3 is 10.2 Å². The highest BCUT2D eigenvalue weighted by Gasteiger charge is 2.30. The van der Waals surface area contributed by atoms with Crippen LogP contribution in [-0.2, 0) is 11.0 Å². The van der Waals surface area contributed by atoms with Gasteiger partial charge in [-0.05, 0) is 49.2 Å². The van der Waals surface area contributed by atoms with Gasteiger partial charge in [-0.1, -0.05) is 23.5 Å². The Morgan fingerprint density at radius 3 is 2.61 bits per heavy atom. The lowest BCUT2D eigenvalue weighted by molar-refractivity contribution is -0.137. The molecule has 0 bridgehead atoms. The summed E-state index contributed by atoms with van der Waals surface area (Å²) in [5.41, 5.74) is 0.583. The van der Waals surface area contributed by atoms with Gasteiger partial charge in [-0.25, -0.2) is 4.98 Å². The summed E-state index contributed by atoms with van der Waals surface area (Å²) < 4.78 is 39.1. The van der Waals surface area contributed by atoms with Crippen LogP contribution in [0.4, 0.5) is 24.0 Å². The van der Waals surface area contributed by atoms with E-state index in [2.05, 4.69) is 15.2 Å². The smallest absolute Gasteiger partial charge is 0.347 e. The molecule has 1 aliphatic rings. The minimum atomic E-state index is -4.39. The van der Waals surface area contributed by atoms with Gasteiger partial charge in [0.05, 0.1) is 21.7 Å². The van der Waals surface area contributed by atoms with Crippen LogP contribution in [0.2, 0.25) is 0 Å². The van der Waals surface area contributed by atoms with E-state index in [0.29, 0.717) is 12.2 Å². The summed E-state index contributed by atoms with van der Waals surface area (Å²) >= 11 is 1.60. The van der Waals surface area contributed by atoms with Gasteiger partial charge in [0.25, 0.3) is 0 Å². The summed E-state index contributed by atoms with van der Waals surface area (Å²) in [5, 5.41) is 3.64. The summed E-state index contributed by atoms with van der Waals surface area (Å²) in [6, 6.07) is 12.4. The molecule has 0 saturated carbocycles. The number of para-hydroxylation sites is 1. The molecule has 1 unspecified atom stereocenters. The first-order chi connectivity index (χ1) is 13.4. The fourth-order valence-electron chi connectivity index (χ4n) is 3.35. The van der Waals surface area contributed by atoms with Crippen molar-refractivity contribution >= 4 is 38.3 Å². The van der Waals surface area contributed by atoms with Crippen molar-refractivity contribution < 1.29 is 18.0 Å². The Morgan fingerprint density at radius 1 is 1.14 bits per heavy atom. The summed E-state index contributed by atoms with van der Waals surface area (Å²) in [4.78, 5) is 19.4. The maximum atomic E-state index is 12.7. The maximum Gasteiger partial charge on any atom is 0.416 e. The SMILES string of the molecule is O=C(Nc1ccc(C(F)(F)F)cc1)C1CCCN(c2nc3ccccc3s2)C1. The van der Waals surface area contributed by atoms with Gasteiger partial charge in [0.15, 0.2) is 5.13 Å². The first-order valence-corrected chi connectivity index (χ1v) is 9.80. The number of nitrogens with zero attached hydrogens (tertiary/aromatic N) is 2. The van der Waals surface area contributed by atoms with Gasteiger partial charge in [0.1, 0.15) is 0 Å². The van der Waals surface area contributed by atoms with Gasteiger partial charge in [-0.2, -0.15) is 13.2 Å². The Bertz CT molecular complexity index is 951. The van der Waals surface area contributed by atoms with Crippen LogP contribution in [0, 0.1) is 5.92 Å². The van der Waals surface area contributed by atoms with E-state index in [1.165, 1.54) is 12.1 Å². The number of hydrogen-bond donors (Lipinski definition) is 1. The van der Waals surface area contributed by atoms with Crippen molar-refractivity contribution in [2.45, 2.75) is 19.0 Å². The zero-order valence-corrected chi connectivity index (χ0v) is 15.7. The second kappa shape index (κ2) is 7.43. The van der Waals surface area contributed by atoms with Crippen LogP contribution in [0.25, 0.3) is 10.2 Å². The number of halogens is 3. The number of thiazole rings is 1. The van der Waals surface area contributed by atoms with Gasteiger partial charge >= 0.3 is 6.18 Å². The topological polar surface area (TPSA) is 45.2 Å². The first kappa shape index (κ1) is 18.7. The van der Waals surface area contributed by atoms with E-state index in [9.17, 15) is 18.0 Å². The highest BCUT2D eigenvalue weighted by molar-refractivity contribution is 7.22. The minimum Gasteiger partial charge on any atom is -0.347 e. The molecule has 1 saturated heterocycles. The van der Waals surface area contributed by atoms with Crippen LogP contribution in [0.1, 0.15) is 18.4 Å². The monoisotopic (exact) mass is 405 g/mol. The van der Waals surface area contributed by atoms with E-state index in [1.807, 2.05) is 24.3 Å². The van der Waals surface area contributed by atoms with Crippen LogP contribution in [0.15, 0.2) is 48.5 Å². The molecule has 1 amide bonds. The van der Waals surface area contributed by atoms with E-state index in [0.717, 1.165) is 46.9 Å². The molecule has 0 radical (unpaired) electrons. The molecule has 1 fully saturated rings. The van der Waals surface area contributed by atoms with Crippen molar-refractivity contribution in [2.75, 3.05) is 23.3 Å². The molecule has 1 N–H and O–H groups in total. The Hall–Kier alpha value is -2.61. The fraction of sp³-hybridized carbons (Fsp3) is 0.300. The molecular formula is C20H18F3N3OS. The lowest BCUT2D eigenvalue weighted by atomic mass is 9.97. The predicted molar refractivity (Wildman–Crippen MR) is 105 cm³/mol. The van der Waals surface area contributed by atoms with Gasteiger partial charge in [0.2, 0.25) is 5.91 Å². The number of aromatic nitrogens is 1. The number of carbonyl (C=O) groups excluding carboxylic acids is 1. The standard InChI is InChI=1S/C20H18F3N3OS/c21-20(22,23)14-7-9-15(10-8-14)24-18(27)13-4-3-11-26(12-13)19-25-16-5-1-2-6-17(16)28-19/h1-2,5-10,13H,3-4,11-12H2,(H,24,27). The predicted octanol–water partition coefficient (Wildman–Crippen LogP) is 5.17. The maximum absolute atomic E-state index is 12.7. The molecule has 28 heavy (non-hydrogen) atoms. The molecule has 146 valence electrons. The summed E-state index contributed by atoms with van der Waals surface area (Å²) in [7, 11) is 0. The highest BCUT2D eigenvalue weighted by Crippen LogP contribution is 2.32. The first-order valence-electron chi connectivity index (χ1n) is 8.99. The van der Waals surface area contributed by atoms with Gasteiger partial charge in [-0.3, -0.25) is 4.79 Å². The van der Waals surface area contributed by atoms with E-state index < -0.39 is 11.7 Å². The number of fused-ring (bicyclic) bond motifs is 1.